The van der Waals surface area contributed by atoms with Gasteiger partial charge in [-0.2, -0.15) is 0 Å². The van der Waals surface area contributed by atoms with E-state index >= 15 is 0 Å². The molecule has 1 aliphatic heterocycles. The molecule has 1 aliphatic rings. The minimum atomic E-state index is -0.0958. The summed E-state index contributed by atoms with van der Waals surface area (Å²) in [6.45, 7) is 2.62. The minimum absolute atomic E-state index is 0.0181. The Kier molecular flexibility index (Phi) is 6.09. The number of urea groups is 1. The minimum Gasteiger partial charge on any atom is -0.484 e. The first-order chi connectivity index (χ1) is 12.7. The summed E-state index contributed by atoms with van der Waals surface area (Å²) in [7, 11) is 0. The van der Waals surface area contributed by atoms with Gasteiger partial charge in [0.1, 0.15) is 5.75 Å². The first-order valence-corrected chi connectivity index (χ1v) is 8.75. The fourth-order valence-corrected chi connectivity index (χ4v) is 2.80. The maximum atomic E-state index is 12.2. The van der Waals surface area contributed by atoms with E-state index in [-0.39, 0.29) is 18.5 Å². The predicted molar refractivity (Wildman–Crippen MR) is 98.8 cm³/mol. The molecule has 3 amide bonds. The van der Waals surface area contributed by atoms with Gasteiger partial charge in [0.15, 0.2) is 6.61 Å². The van der Waals surface area contributed by atoms with E-state index in [0.29, 0.717) is 38.5 Å². The van der Waals surface area contributed by atoms with Crippen LogP contribution in [0, 0.1) is 0 Å². The molecule has 1 saturated heterocycles. The van der Waals surface area contributed by atoms with E-state index in [4.69, 9.17) is 4.74 Å². The molecule has 2 aromatic rings. The Bertz CT molecular complexity index is 650. The van der Waals surface area contributed by atoms with Crippen molar-refractivity contribution in [3.63, 3.8) is 0 Å². The second-order valence-electron chi connectivity index (χ2n) is 6.11. The lowest BCUT2D eigenvalue weighted by Crippen LogP contribution is -2.53. The monoisotopic (exact) mass is 353 g/mol. The van der Waals surface area contributed by atoms with Crippen LogP contribution in [0.3, 0.4) is 0 Å². The van der Waals surface area contributed by atoms with Gasteiger partial charge in [0, 0.05) is 32.7 Å². The number of rotatable bonds is 5. The van der Waals surface area contributed by atoms with E-state index in [1.54, 1.807) is 9.80 Å². The zero-order chi connectivity index (χ0) is 18.2. The summed E-state index contributed by atoms with van der Waals surface area (Å²) in [5.41, 5.74) is 1.06. The highest BCUT2D eigenvalue weighted by Gasteiger charge is 2.24. The maximum absolute atomic E-state index is 12.2. The summed E-state index contributed by atoms with van der Waals surface area (Å²) in [5.74, 6) is 0.623. The lowest BCUT2D eigenvalue weighted by Gasteiger charge is -2.34. The van der Waals surface area contributed by atoms with Crippen molar-refractivity contribution in [2.45, 2.75) is 6.54 Å². The van der Waals surface area contributed by atoms with Gasteiger partial charge in [0.05, 0.1) is 0 Å². The summed E-state index contributed by atoms with van der Waals surface area (Å²) in [5, 5.41) is 2.92. The zero-order valence-corrected chi connectivity index (χ0v) is 14.6. The summed E-state index contributed by atoms with van der Waals surface area (Å²) < 4.78 is 5.50. The second-order valence-corrected chi connectivity index (χ2v) is 6.11. The van der Waals surface area contributed by atoms with Crippen molar-refractivity contribution in [2.24, 2.45) is 0 Å². The van der Waals surface area contributed by atoms with Crippen molar-refractivity contribution >= 4 is 11.9 Å². The smallest absolute Gasteiger partial charge is 0.317 e. The molecule has 0 aliphatic carbocycles. The molecule has 0 unspecified atom stereocenters. The van der Waals surface area contributed by atoms with Gasteiger partial charge >= 0.3 is 6.03 Å². The predicted octanol–water partition coefficient (Wildman–Crippen LogP) is 2.12. The quantitative estimate of drug-likeness (QED) is 0.896. The Labute approximate surface area is 153 Å². The fraction of sp³-hybridized carbons (Fsp3) is 0.300. The van der Waals surface area contributed by atoms with E-state index in [1.165, 1.54) is 0 Å². The largest absolute Gasteiger partial charge is 0.484 e. The lowest BCUT2D eigenvalue weighted by molar-refractivity contribution is -0.134. The van der Waals surface area contributed by atoms with Crippen LogP contribution in [-0.2, 0) is 11.3 Å². The van der Waals surface area contributed by atoms with E-state index in [0.717, 1.165) is 5.56 Å². The van der Waals surface area contributed by atoms with Gasteiger partial charge in [-0.15, -0.1) is 0 Å². The van der Waals surface area contributed by atoms with E-state index in [1.807, 2.05) is 60.7 Å². The fourth-order valence-electron chi connectivity index (χ4n) is 2.80. The Morgan fingerprint density at radius 2 is 1.42 bits per heavy atom. The Hall–Kier alpha value is -3.02. The van der Waals surface area contributed by atoms with Gasteiger partial charge in [0.2, 0.25) is 0 Å². The second kappa shape index (κ2) is 8.89. The maximum Gasteiger partial charge on any atom is 0.317 e. The van der Waals surface area contributed by atoms with Crippen LogP contribution >= 0.6 is 0 Å². The molecule has 26 heavy (non-hydrogen) atoms. The summed E-state index contributed by atoms with van der Waals surface area (Å²) in [6.07, 6.45) is 0. The van der Waals surface area contributed by atoms with E-state index in [9.17, 15) is 9.59 Å². The summed E-state index contributed by atoms with van der Waals surface area (Å²) in [6, 6.07) is 19.0. The molecule has 2 aromatic carbocycles. The molecule has 6 nitrogen and oxygen atoms in total. The molecule has 6 heteroatoms. The first-order valence-electron chi connectivity index (χ1n) is 8.75. The van der Waals surface area contributed by atoms with Crippen LogP contribution in [0.4, 0.5) is 4.79 Å². The van der Waals surface area contributed by atoms with E-state index < -0.39 is 0 Å². The number of ether oxygens (including phenoxy) is 1. The summed E-state index contributed by atoms with van der Waals surface area (Å²) in [4.78, 5) is 28.0. The van der Waals surface area contributed by atoms with Crippen LogP contribution < -0.4 is 10.1 Å². The number of benzene rings is 2. The van der Waals surface area contributed by atoms with Crippen LogP contribution in [0.1, 0.15) is 5.56 Å². The molecule has 1 heterocycles. The molecule has 0 saturated carbocycles. The van der Waals surface area contributed by atoms with E-state index in [2.05, 4.69) is 5.32 Å². The molecule has 0 aromatic heterocycles. The van der Waals surface area contributed by atoms with Crippen molar-refractivity contribution in [2.75, 3.05) is 32.8 Å². The Morgan fingerprint density at radius 1 is 0.846 bits per heavy atom. The van der Waals surface area contributed by atoms with Gasteiger partial charge in [-0.3, -0.25) is 4.79 Å². The number of piperazine rings is 1. The molecule has 1 N–H and O–H groups in total. The van der Waals surface area contributed by atoms with Crippen LogP contribution in [-0.4, -0.2) is 54.5 Å². The number of hydrogen-bond acceptors (Lipinski definition) is 3. The average molecular weight is 353 g/mol. The normalized spacial score (nSPS) is 14.0. The Balaban J connectivity index is 1.39. The van der Waals surface area contributed by atoms with Crippen LogP contribution in [0.2, 0.25) is 0 Å². The number of nitrogens with zero attached hydrogens (tertiary/aromatic N) is 2. The number of nitrogens with one attached hydrogen (secondary N) is 1. The molecule has 0 radical (unpaired) electrons. The molecule has 0 spiro atoms. The standard InChI is InChI=1S/C20H23N3O3/c24-19(16-26-18-9-5-2-6-10-18)22-11-13-23(14-12-22)20(25)21-15-17-7-3-1-4-8-17/h1-10H,11-16H2,(H,21,25). The summed E-state index contributed by atoms with van der Waals surface area (Å²) >= 11 is 0. The van der Waals surface area contributed by atoms with Gasteiger partial charge in [-0.05, 0) is 17.7 Å². The average Bonchev–Trinajstić information content (AvgIpc) is 2.72. The zero-order valence-electron chi connectivity index (χ0n) is 14.6. The van der Waals surface area contributed by atoms with Crippen molar-refractivity contribution < 1.29 is 14.3 Å². The highest BCUT2D eigenvalue weighted by molar-refractivity contribution is 5.79. The molecule has 136 valence electrons. The molecular weight excluding hydrogens is 330 g/mol. The third-order valence-electron chi connectivity index (χ3n) is 4.31. The third-order valence-corrected chi connectivity index (χ3v) is 4.31. The Morgan fingerprint density at radius 3 is 2.08 bits per heavy atom. The first kappa shape index (κ1) is 17.8. The van der Waals surface area contributed by atoms with Gasteiger partial charge in [0.25, 0.3) is 5.91 Å². The number of carbonyl (C=O) groups excluding carboxylic acids is 2. The van der Waals surface area contributed by atoms with Crippen LogP contribution in [0.15, 0.2) is 60.7 Å². The number of carbonyl (C=O) groups is 2. The molecule has 0 atom stereocenters. The number of para-hydroxylation sites is 1. The number of amides is 3. The topological polar surface area (TPSA) is 61.9 Å². The highest BCUT2D eigenvalue weighted by Crippen LogP contribution is 2.09. The lowest BCUT2D eigenvalue weighted by atomic mass is 10.2. The number of hydrogen-bond donors (Lipinski definition) is 1. The van der Waals surface area contributed by atoms with Gasteiger partial charge in [-0.1, -0.05) is 48.5 Å². The van der Waals surface area contributed by atoms with Crippen LogP contribution in [0.5, 0.6) is 5.75 Å². The van der Waals surface area contributed by atoms with Crippen molar-refractivity contribution in [1.29, 1.82) is 0 Å². The van der Waals surface area contributed by atoms with Crippen molar-refractivity contribution in [1.82, 2.24) is 15.1 Å². The third kappa shape index (κ3) is 4.99. The van der Waals surface area contributed by atoms with Crippen molar-refractivity contribution in [3.8, 4) is 5.75 Å². The molecular formula is C20H23N3O3. The molecule has 0 bridgehead atoms. The van der Waals surface area contributed by atoms with Crippen molar-refractivity contribution in [3.05, 3.63) is 66.2 Å². The van der Waals surface area contributed by atoms with Crippen LogP contribution in [0.25, 0.3) is 0 Å². The van der Waals surface area contributed by atoms with Gasteiger partial charge < -0.3 is 19.9 Å². The highest BCUT2D eigenvalue weighted by atomic mass is 16.5. The molecule has 3 rings (SSSR count). The molecule has 1 fully saturated rings. The SMILES string of the molecule is O=C(COc1ccccc1)N1CCN(C(=O)NCc2ccccc2)CC1. The van der Waals surface area contributed by atoms with Gasteiger partial charge in [-0.25, -0.2) is 4.79 Å².